The third kappa shape index (κ3) is 8.42. The Morgan fingerprint density at radius 2 is 1.55 bits per heavy atom. The molecular weight excluding hydrogens is 576 g/mol. The number of amides is 3. The van der Waals surface area contributed by atoms with Crippen LogP contribution in [0.5, 0.6) is 0 Å². The maximum atomic E-state index is 13.5. The summed E-state index contributed by atoms with van der Waals surface area (Å²) in [5, 5.41) is 19.6. The molecular formula is C34H32N4O5S. The second-order valence-corrected chi connectivity index (χ2v) is 11.3. The van der Waals surface area contributed by atoms with E-state index in [-0.39, 0.29) is 28.1 Å². The van der Waals surface area contributed by atoms with Crippen LogP contribution >= 0.6 is 11.8 Å². The van der Waals surface area contributed by atoms with Gasteiger partial charge >= 0.3 is 0 Å². The van der Waals surface area contributed by atoms with Crippen molar-refractivity contribution in [3.8, 4) is 0 Å². The molecule has 10 heteroatoms. The highest BCUT2D eigenvalue weighted by Crippen LogP contribution is 2.29. The number of benzene rings is 4. The van der Waals surface area contributed by atoms with E-state index in [0.717, 1.165) is 21.7 Å². The molecule has 4 aromatic carbocycles. The largest absolute Gasteiger partial charge is 0.325 e. The summed E-state index contributed by atoms with van der Waals surface area (Å²) >= 11 is 1.37. The average molecular weight is 609 g/mol. The molecule has 3 amide bonds. The Kier molecular flexibility index (Phi) is 10.7. The van der Waals surface area contributed by atoms with E-state index in [1.54, 1.807) is 54.6 Å². The Hall–Kier alpha value is -5.22. The van der Waals surface area contributed by atoms with Crippen LogP contribution in [-0.4, -0.2) is 27.9 Å². The van der Waals surface area contributed by atoms with Gasteiger partial charge in [0.1, 0.15) is 5.70 Å². The van der Waals surface area contributed by atoms with Crippen LogP contribution in [0.15, 0.2) is 108 Å². The topological polar surface area (TPSA) is 130 Å². The van der Waals surface area contributed by atoms with E-state index >= 15 is 0 Å². The first-order valence-corrected chi connectivity index (χ1v) is 14.8. The summed E-state index contributed by atoms with van der Waals surface area (Å²) in [7, 11) is 0. The summed E-state index contributed by atoms with van der Waals surface area (Å²) < 4.78 is 0. The molecule has 0 aliphatic heterocycles. The number of anilines is 2. The zero-order valence-electron chi connectivity index (χ0n) is 24.5. The van der Waals surface area contributed by atoms with Gasteiger partial charge in [0.05, 0.1) is 15.7 Å². The van der Waals surface area contributed by atoms with Gasteiger partial charge in [0, 0.05) is 27.9 Å². The van der Waals surface area contributed by atoms with Crippen molar-refractivity contribution in [1.82, 2.24) is 5.32 Å². The van der Waals surface area contributed by atoms with Gasteiger partial charge in [-0.05, 0) is 86.0 Å². The number of carbonyl (C=O) groups is 3. The zero-order valence-corrected chi connectivity index (χ0v) is 25.3. The van der Waals surface area contributed by atoms with E-state index in [0.29, 0.717) is 17.7 Å². The number of para-hydroxylation sites is 1. The van der Waals surface area contributed by atoms with Gasteiger partial charge in [0.15, 0.2) is 0 Å². The van der Waals surface area contributed by atoms with Crippen LogP contribution in [0, 0.1) is 24.0 Å². The van der Waals surface area contributed by atoms with Crippen molar-refractivity contribution in [2.24, 2.45) is 0 Å². The summed E-state index contributed by atoms with van der Waals surface area (Å²) in [5.74, 6) is -1.35. The Balaban J connectivity index is 1.54. The fourth-order valence-corrected chi connectivity index (χ4v) is 5.26. The van der Waals surface area contributed by atoms with E-state index in [1.165, 1.54) is 36.0 Å². The Morgan fingerprint density at radius 3 is 2.25 bits per heavy atom. The van der Waals surface area contributed by atoms with Crippen molar-refractivity contribution in [2.75, 3.05) is 10.6 Å². The predicted octanol–water partition coefficient (Wildman–Crippen LogP) is 7.13. The fourth-order valence-electron chi connectivity index (χ4n) is 4.25. The van der Waals surface area contributed by atoms with E-state index in [4.69, 9.17) is 0 Å². The number of aryl methyl sites for hydroxylation is 2. The lowest BCUT2D eigenvalue weighted by molar-refractivity contribution is -0.385. The highest BCUT2D eigenvalue weighted by atomic mass is 32.2. The van der Waals surface area contributed by atoms with Crippen LogP contribution in [0.3, 0.4) is 0 Å². The second-order valence-electron chi connectivity index (χ2n) is 9.98. The SMILES string of the molecule is CCC(Sc1cccc(NC(=O)/C(=C\c2ccccc2[N+](=O)[O-])NC(=O)c2ccccc2)c1)C(=O)Nc1ccc(C)c(C)c1. The molecule has 0 saturated carbocycles. The minimum atomic E-state index is -0.672. The number of hydrogen-bond donors (Lipinski definition) is 3. The van der Waals surface area contributed by atoms with Crippen molar-refractivity contribution in [1.29, 1.82) is 0 Å². The summed E-state index contributed by atoms with van der Waals surface area (Å²) in [6.07, 6.45) is 1.85. The molecule has 0 aliphatic rings. The van der Waals surface area contributed by atoms with Crippen molar-refractivity contribution < 1.29 is 19.3 Å². The first-order valence-electron chi connectivity index (χ1n) is 13.9. The molecule has 0 aromatic heterocycles. The Bertz CT molecular complexity index is 1720. The molecule has 1 unspecified atom stereocenters. The van der Waals surface area contributed by atoms with Crippen molar-refractivity contribution in [2.45, 2.75) is 37.3 Å². The molecule has 0 saturated heterocycles. The summed E-state index contributed by atoms with van der Waals surface area (Å²) in [6.45, 7) is 5.93. The van der Waals surface area contributed by atoms with Gasteiger partial charge in [-0.1, -0.05) is 49.4 Å². The van der Waals surface area contributed by atoms with E-state index in [1.807, 2.05) is 45.0 Å². The van der Waals surface area contributed by atoms with Crippen LogP contribution < -0.4 is 16.0 Å². The van der Waals surface area contributed by atoms with Crippen LogP contribution in [-0.2, 0) is 9.59 Å². The average Bonchev–Trinajstić information content (AvgIpc) is 3.02. The first-order chi connectivity index (χ1) is 21.1. The highest BCUT2D eigenvalue weighted by Gasteiger charge is 2.21. The number of nitrogens with one attached hydrogen (secondary N) is 3. The van der Waals surface area contributed by atoms with Crippen LogP contribution in [0.1, 0.15) is 40.4 Å². The molecule has 3 N–H and O–H groups in total. The van der Waals surface area contributed by atoms with Crippen LogP contribution in [0.4, 0.5) is 17.1 Å². The number of nitrogens with zero attached hydrogens (tertiary/aromatic N) is 1. The number of rotatable bonds is 11. The Labute approximate surface area is 259 Å². The third-order valence-electron chi connectivity index (χ3n) is 6.77. The molecule has 0 heterocycles. The molecule has 0 spiro atoms. The molecule has 0 aliphatic carbocycles. The zero-order chi connectivity index (χ0) is 31.6. The minimum Gasteiger partial charge on any atom is -0.325 e. The maximum Gasteiger partial charge on any atom is 0.276 e. The van der Waals surface area contributed by atoms with Crippen molar-refractivity contribution in [3.63, 3.8) is 0 Å². The van der Waals surface area contributed by atoms with Crippen LogP contribution in [0.25, 0.3) is 6.08 Å². The second kappa shape index (κ2) is 14.8. The number of thioether (sulfide) groups is 1. The molecule has 1 atom stereocenters. The molecule has 224 valence electrons. The molecule has 4 aromatic rings. The fraction of sp³-hybridized carbons (Fsp3) is 0.147. The van der Waals surface area contributed by atoms with Gasteiger partial charge in [0.2, 0.25) is 5.91 Å². The van der Waals surface area contributed by atoms with Gasteiger partial charge in [-0.2, -0.15) is 0 Å². The molecule has 0 radical (unpaired) electrons. The van der Waals surface area contributed by atoms with Crippen molar-refractivity contribution >= 4 is 52.6 Å². The lowest BCUT2D eigenvalue weighted by Gasteiger charge is -2.16. The van der Waals surface area contributed by atoms with Gasteiger partial charge in [-0.15, -0.1) is 11.8 Å². The smallest absolute Gasteiger partial charge is 0.276 e. The molecule has 9 nitrogen and oxygen atoms in total. The summed E-state index contributed by atoms with van der Waals surface area (Å²) in [6, 6.07) is 27.0. The maximum absolute atomic E-state index is 13.5. The van der Waals surface area contributed by atoms with Gasteiger partial charge < -0.3 is 16.0 Å². The molecule has 44 heavy (non-hydrogen) atoms. The number of nitro groups is 1. The summed E-state index contributed by atoms with van der Waals surface area (Å²) in [5.41, 5.74) is 3.46. The quantitative estimate of drug-likeness (QED) is 0.0719. The van der Waals surface area contributed by atoms with Crippen LogP contribution in [0.2, 0.25) is 0 Å². The first kappa shape index (κ1) is 31.7. The highest BCUT2D eigenvalue weighted by molar-refractivity contribution is 8.00. The number of nitro benzene ring substituents is 1. The third-order valence-corrected chi connectivity index (χ3v) is 8.13. The monoisotopic (exact) mass is 608 g/mol. The normalized spacial score (nSPS) is 11.8. The number of hydrogen-bond acceptors (Lipinski definition) is 6. The number of carbonyl (C=O) groups excluding carboxylic acids is 3. The molecule has 0 bridgehead atoms. The lowest BCUT2D eigenvalue weighted by atomic mass is 10.1. The predicted molar refractivity (Wildman–Crippen MR) is 175 cm³/mol. The lowest BCUT2D eigenvalue weighted by Crippen LogP contribution is -2.30. The molecule has 0 fully saturated rings. The summed E-state index contributed by atoms with van der Waals surface area (Å²) in [4.78, 5) is 51.3. The van der Waals surface area contributed by atoms with Gasteiger partial charge in [-0.25, -0.2) is 0 Å². The van der Waals surface area contributed by atoms with Crippen molar-refractivity contribution in [3.05, 3.63) is 135 Å². The Morgan fingerprint density at radius 1 is 0.841 bits per heavy atom. The standard InChI is InChI=1S/C34H32N4O5S/c1-4-31(34(41)36-27-18-17-22(2)23(3)19-27)44-28-15-10-14-26(21-28)35-33(40)29(37-32(39)24-11-6-5-7-12-24)20-25-13-8-9-16-30(25)38(42)43/h5-21,31H,4H2,1-3H3,(H,35,40)(H,36,41)(H,37,39)/b29-20+. The van der Waals surface area contributed by atoms with Gasteiger partial charge in [0.25, 0.3) is 17.5 Å². The van der Waals surface area contributed by atoms with E-state index < -0.39 is 16.7 Å². The minimum absolute atomic E-state index is 0.131. The van der Waals surface area contributed by atoms with E-state index in [9.17, 15) is 24.5 Å². The molecule has 4 rings (SSSR count). The van der Waals surface area contributed by atoms with E-state index in [2.05, 4.69) is 16.0 Å². The van der Waals surface area contributed by atoms with Gasteiger partial charge in [-0.3, -0.25) is 24.5 Å².